The summed E-state index contributed by atoms with van der Waals surface area (Å²) in [5, 5.41) is 3.34. The third-order valence-electron chi connectivity index (χ3n) is 4.04. The molecule has 2 unspecified atom stereocenters. The molecule has 1 aliphatic rings. The van der Waals surface area contributed by atoms with Crippen LogP contribution in [-0.2, 0) is 16.0 Å². The van der Waals surface area contributed by atoms with Gasteiger partial charge in [0.1, 0.15) is 0 Å². The van der Waals surface area contributed by atoms with Gasteiger partial charge in [0.25, 0.3) is 0 Å². The highest BCUT2D eigenvalue weighted by molar-refractivity contribution is 5.79. The standard InChI is InChI=1S/C17H26N2O2/c1-3-18-16-13-21-12-15(16)17(20)19(2)11-7-10-14-8-5-4-6-9-14/h4-6,8-9,15-16,18H,3,7,10-13H2,1-2H3. The highest BCUT2D eigenvalue weighted by Gasteiger charge is 2.34. The molecule has 4 heteroatoms. The van der Waals surface area contributed by atoms with Crippen LogP contribution in [0.25, 0.3) is 0 Å². The van der Waals surface area contributed by atoms with Gasteiger partial charge in [0, 0.05) is 19.6 Å². The van der Waals surface area contributed by atoms with Crippen molar-refractivity contribution in [2.24, 2.45) is 5.92 Å². The number of aryl methyl sites for hydroxylation is 1. The lowest BCUT2D eigenvalue weighted by Crippen LogP contribution is -2.44. The maximum atomic E-state index is 12.5. The molecule has 1 aliphatic heterocycles. The van der Waals surface area contributed by atoms with Crippen LogP contribution < -0.4 is 5.32 Å². The number of hydrogen-bond donors (Lipinski definition) is 1. The highest BCUT2D eigenvalue weighted by atomic mass is 16.5. The zero-order chi connectivity index (χ0) is 15.1. The smallest absolute Gasteiger partial charge is 0.229 e. The number of rotatable bonds is 7. The summed E-state index contributed by atoms with van der Waals surface area (Å²) in [6.45, 7) is 4.91. The van der Waals surface area contributed by atoms with Crippen molar-refractivity contribution in [1.82, 2.24) is 10.2 Å². The SMILES string of the molecule is CCNC1COCC1C(=O)N(C)CCCc1ccccc1. The van der Waals surface area contributed by atoms with Gasteiger partial charge in [-0.1, -0.05) is 37.3 Å². The second-order valence-electron chi connectivity index (χ2n) is 5.66. The Morgan fingerprint density at radius 1 is 1.33 bits per heavy atom. The monoisotopic (exact) mass is 290 g/mol. The topological polar surface area (TPSA) is 41.6 Å². The quantitative estimate of drug-likeness (QED) is 0.831. The fourth-order valence-corrected chi connectivity index (χ4v) is 2.82. The Kier molecular flexibility index (Phi) is 6.21. The van der Waals surface area contributed by atoms with Crippen LogP contribution in [0.1, 0.15) is 18.9 Å². The second-order valence-corrected chi connectivity index (χ2v) is 5.66. The molecule has 1 aromatic rings. The summed E-state index contributed by atoms with van der Waals surface area (Å²) < 4.78 is 5.46. The summed E-state index contributed by atoms with van der Waals surface area (Å²) in [4.78, 5) is 14.3. The minimum atomic E-state index is -0.0355. The van der Waals surface area contributed by atoms with Crippen molar-refractivity contribution in [1.29, 1.82) is 0 Å². The highest BCUT2D eigenvalue weighted by Crippen LogP contribution is 2.16. The van der Waals surface area contributed by atoms with E-state index < -0.39 is 0 Å². The molecule has 1 fully saturated rings. The van der Waals surface area contributed by atoms with Gasteiger partial charge in [-0.05, 0) is 24.9 Å². The number of amides is 1. The first kappa shape index (κ1) is 16.0. The van der Waals surface area contributed by atoms with Crippen LogP contribution in [0.15, 0.2) is 30.3 Å². The van der Waals surface area contributed by atoms with Gasteiger partial charge in [0.15, 0.2) is 0 Å². The lowest BCUT2D eigenvalue weighted by molar-refractivity contribution is -0.134. The van der Waals surface area contributed by atoms with Gasteiger partial charge in [-0.25, -0.2) is 0 Å². The van der Waals surface area contributed by atoms with Gasteiger partial charge in [-0.3, -0.25) is 4.79 Å². The average Bonchev–Trinajstić information content (AvgIpc) is 2.96. The van der Waals surface area contributed by atoms with Crippen molar-refractivity contribution in [3.8, 4) is 0 Å². The van der Waals surface area contributed by atoms with E-state index in [-0.39, 0.29) is 17.9 Å². The van der Waals surface area contributed by atoms with E-state index in [0.29, 0.717) is 13.2 Å². The minimum absolute atomic E-state index is 0.0355. The molecular weight excluding hydrogens is 264 g/mol. The van der Waals surface area contributed by atoms with E-state index in [2.05, 4.69) is 36.5 Å². The Labute approximate surface area is 127 Å². The van der Waals surface area contributed by atoms with Gasteiger partial charge in [0.05, 0.1) is 19.1 Å². The number of carbonyl (C=O) groups is 1. The van der Waals surface area contributed by atoms with Crippen molar-refractivity contribution in [2.45, 2.75) is 25.8 Å². The molecule has 116 valence electrons. The van der Waals surface area contributed by atoms with E-state index in [1.165, 1.54) is 5.56 Å². The molecule has 1 heterocycles. The second kappa shape index (κ2) is 8.15. The van der Waals surface area contributed by atoms with Gasteiger partial charge in [0.2, 0.25) is 5.91 Å². The zero-order valence-electron chi connectivity index (χ0n) is 13.0. The Hall–Kier alpha value is -1.39. The van der Waals surface area contributed by atoms with Crippen LogP contribution in [0.3, 0.4) is 0 Å². The zero-order valence-corrected chi connectivity index (χ0v) is 13.0. The van der Waals surface area contributed by atoms with E-state index in [1.54, 1.807) is 0 Å². The van der Waals surface area contributed by atoms with Gasteiger partial charge < -0.3 is 15.0 Å². The molecule has 2 rings (SSSR count). The third-order valence-corrected chi connectivity index (χ3v) is 4.04. The molecule has 0 aliphatic carbocycles. The maximum Gasteiger partial charge on any atom is 0.229 e. The number of carbonyl (C=O) groups excluding carboxylic acids is 1. The lowest BCUT2D eigenvalue weighted by Gasteiger charge is -2.24. The molecule has 1 saturated heterocycles. The molecule has 0 spiro atoms. The van der Waals surface area contributed by atoms with Crippen molar-refractivity contribution in [2.75, 3.05) is 33.4 Å². The lowest BCUT2D eigenvalue weighted by atomic mass is 10.0. The summed E-state index contributed by atoms with van der Waals surface area (Å²) in [7, 11) is 1.90. The van der Waals surface area contributed by atoms with Crippen molar-refractivity contribution in [3.05, 3.63) is 35.9 Å². The molecule has 2 atom stereocenters. The minimum Gasteiger partial charge on any atom is -0.379 e. The Balaban J connectivity index is 1.77. The largest absolute Gasteiger partial charge is 0.379 e. The molecule has 0 bridgehead atoms. The summed E-state index contributed by atoms with van der Waals surface area (Å²) in [6.07, 6.45) is 2.00. The van der Waals surface area contributed by atoms with Crippen LogP contribution in [0.5, 0.6) is 0 Å². The summed E-state index contributed by atoms with van der Waals surface area (Å²) in [5.74, 6) is 0.165. The van der Waals surface area contributed by atoms with E-state index in [4.69, 9.17) is 4.74 Å². The summed E-state index contributed by atoms with van der Waals surface area (Å²) in [5.41, 5.74) is 1.33. The molecule has 0 aromatic heterocycles. The van der Waals surface area contributed by atoms with Gasteiger partial charge in [-0.2, -0.15) is 0 Å². The van der Waals surface area contributed by atoms with Crippen LogP contribution in [-0.4, -0.2) is 50.2 Å². The fourth-order valence-electron chi connectivity index (χ4n) is 2.82. The maximum absolute atomic E-state index is 12.5. The first-order chi connectivity index (χ1) is 10.2. The average molecular weight is 290 g/mol. The molecule has 1 amide bonds. The van der Waals surface area contributed by atoms with Crippen molar-refractivity contribution >= 4 is 5.91 Å². The van der Waals surface area contributed by atoms with Crippen LogP contribution >= 0.6 is 0 Å². The first-order valence-corrected chi connectivity index (χ1v) is 7.82. The fraction of sp³-hybridized carbons (Fsp3) is 0.588. The van der Waals surface area contributed by atoms with E-state index in [0.717, 1.165) is 25.9 Å². The van der Waals surface area contributed by atoms with Crippen LogP contribution in [0.4, 0.5) is 0 Å². The number of hydrogen-bond acceptors (Lipinski definition) is 3. The predicted octanol–water partition coefficient (Wildman–Crippen LogP) is 1.70. The molecule has 4 nitrogen and oxygen atoms in total. The van der Waals surface area contributed by atoms with Crippen molar-refractivity contribution in [3.63, 3.8) is 0 Å². The van der Waals surface area contributed by atoms with Gasteiger partial charge in [-0.15, -0.1) is 0 Å². The number of nitrogens with zero attached hydrogens (tertiary/aromatic N) is 1. The molecule has 1 aromatic carbocycles. The Morgan fingerprint density at radius 2 is 2.10 bits per heavy atom. The van der Waals surface area contributed by atoms with E-state index in [1.807, 2.05) is 18.0 Å². The molecule has 0 radical (unpaired) electrons. The molecule has 1 N–H and O–H groups in total. The molecular formula is C17H26N2O2. The van der Waals surface area contributed by atoms with E-state index >= 15 is 0 Å². The number of benzene rings is 1. The van der Waals surface area contributed by atoms with Crippen LogP contribution in [0.2, 0.25) is 0 Å². The van der Waals surface area contributed by atoms with Crippen molar-refractivity contribution < 1.29 is 9.53 Å². The van der Waals surface area contributed by atoms with Crippen LogP contribution in [0, 0.1) is 5.92 Å². The molecule has 21 heavy (non-hydrogen) atoms. The first-order valence-electron chi connectivity index (χ1n) is 7.82. The molecule has 0 saturated carbocycles. The normalized spacial score (nSPS) is 21.4. The number of ether oxygens (including phenoxy) is 1. The Morgan fingerprint density at radius 3 is 2.81 bits per heavy atom. The van der Waals surface area contributed by atoms with E-state index in [9.17, 15) is 4.79 Å². The predicted molar refractivity (Wildman–Crippen MR) is 84.2 cm³/mol. The third kappa shape index (κ3) is 4.55. The summed E-state index contributed by atoms with van der Waals surface area (Å²) in [6, 6.07) is 10.6. The number of likely N-dealkylation sites (N-methyl/N-ethyl adjacent to an activating group) is 1. The number of nitrogens with one attached hydrogen (secondary N) is 1. The Bertz CT molecular complexity index is 436. The van der Waals surface area contributed by atoms with Gasteiger partial charge >= 0.3 is 0 Å². The summed E-state index contributed by atoms with van der Waals surface area (Å²) >= 11 is 0.